The summed E-state index contributed by atoms with van der Waals surface area (Å²) in [4.78, 5) is 11.9. The van der Waals surface area contributed by atoms with Gasteiger partial charge in [-0.1, -0.05) is 26.2 Å². The van der Waals surface area contributed by atoms with E-state index in [0.717, 1.165) is 25.7 Å². The van der Waals surface area contributed by atoms with Gasteiger partial charge >= 0.3 is 6.03 Å². The number of carbonyl (C=O) groups excluding carboxylic acids is 1. The minimum atomic E-state index is -0.0555. The lowest BCUT2D eigenvalue weighted by molar-refractivity contribution is 0.195. The molecular weight excluding hydrogens is 228 g/mol. The third-order valence-corrected chi connectivity index (χ3v) is 4.67. The number of amides is 2. The fourth-order valence-electron chi connectivity index (χ4n) is 2.94. The Hall–Kier alpha value is -0.770. The van der Waals surface area contributed by atoms with E-state index in [1.807, 2.05) is 0 Å². The first-order chi connectivity index (χ1) is 8.69. The standard InChI is InChI=1S/C14H26N2O2/c1-2-11-5-3-4-6-12(11)16-13(18)15-9-14(10-17)7-8-14/h11-12,17H,2-10H2,1H3,(H2,15,16,18). The third kappa shape index (κ3) is 3.37. The molecule has 2 unspecified atom stereocenters. The maximum absolute atomic E-state index is 11.9. The highest BCUT2D eigenvalue weighted by molar-refractivity contribution is 5.74. The van der Waals surface area contributed by atoms with Crippen molar-refractivity contribution < 1.29 is 9.90 Å². The zero-order valence-electron chi connectivity index (χ0n) is 11.4. The molecule has 4 heteroatoms. The fraction of sp³-hybridized carbons (Fsp3) is 0.929. The van der Waals surface area contributed by atoms with Crippen LogP contribution in [-0.2, 0) is 0 Å². The molecule has 0 aliphatic heterocycles. The van der Waals surface area contributed by atoms with Crippen LogP contribution in [0.5, 0.6) is 0 Å². The van der Waals surface area contributed by atoms with Crippen LogP contribution in [0.3, 0.4) is 0 Å². The summed E-state index contributed by atoms with van der Waals surface area (Å²) in [6.45, 7) is 3.00. The highest BCUT2D eigenvalue weighted by Crippen LogP contribution is 2.44. The molecule has 2 aliphatic rings. The number of carbonyl (C=O) groups is 1. The molecule has 2 fully saturated rings. The van der Waals surface area contributed by atoms with E-state index in [4.69, 9.17) is 0 Å². The first-order valence-corrected chi connectivity index (χ1v) is 7.34. The number of aliphatic hydroxyl groups is 1. The quantitative estimate of drug-likeness (QED) is 0.703. The van der Waals surface area contributed by atoms with Gasteiger partial charge in [0.25, 0.3) is 0 Å². The van der Waals surface area contributed by atoms with Crippen LogP contribution in [-0.4, -0.2) is 30.3 Å². The van der Waals surface area contributed by atoms with E-state index in [9.17, 15) is 9.90 Å². The summed E-state index contributed by atoms with van der Waals surface area (Å²) in [5.41, 5.74) is -0.00589. The normalized spacial score (nSPS) is 29.7. The molecule has 0 bridgehead atoms. The van der Waals surface area contributed by atoms with Gasteiger partial charge in [-0.2, -0.15) is 0 Å². The van der Waals surface area contributed by atoms with Gasteiger partial charge in [0, 0.05) is 18.0 Å². The van der Waals surface area contributed by atoms with Crippen molar-refractivity contribution in [3.63, 3.8) is 0 Å². The SMILES string of the molecule is CCC1CCCCC1NC(=O)NCC1(CO)CC1. The summed E-state index contributed by atoms with van der Waals surface area (Å²) in [5.74, 6) is 0.636. The molecule has 2 saturated carbocycles. The van der Waals surface area contributed by atoms with Crippen molar-refractivity contribution in [2.45, 2.75) is 57.9 Å². The third-order valence-electron chi connectivity index (χ3n) is 4.67. The number of nitrogens with one attached hydrogen (secondary N) is 2. The van der Waals surface area contributed by atoms with Crippen molar-refractivity contribution in [3.8, 4) is 0 Å². The number of urea groups is 1. The number of rotatable bonds is 5. The van der Waals surface area contributed by atoms with Crippen LogP contribution in [0.4, 0.5) is 4.79 Å². The highest BCUT2D eigenvalue weighted by atomic mass is 16.3. The second-order valence-corrected chi connectivity index (χ2v) is 6.04. The minimum absolute atomic E-state index is 0.00589. The van der Waals surface area contributed by atoms with Crippen LogP contribution in [0.15, 0.2) is 0 Å². The van der Waals surface area contributed by atoms with Gasteiger partial charge < -0.3 is 15.7 Å². The molecule has 2 aliphatic carbocycles. The van der Waals surface area contributed by atoms with Crippen LogP contribution in [0.25, 0.3) is 0 Å². The van der Waals surface area contributed by atoms with E-state index in [1.165, 1.54) is 19.3 Å². The second-order valence-electron chi connectivity index (χ2n) is 6.04. The first-order valence-electron chi connectivity index (χ1n) is 7.34. The molecule has 0 radical (unpaired) electrons. The second kappa shape index (κ2) is 5.91. The van der Waals surface area contributed by atoms with Crippen molar-refractivity contribution in [1.29, 1.82) is 0 Å². The Kier molecular flexibility index (Phi) is 4.49. The molecule has 0 aromatic rings. The van der Waals surface area contributed by atoms with Gasteiger partial charge in [-0.15, -0.1) is 0 Å². The summed E-state index contributed by atoms with van der Waals surface area (Å²) in [7, 11) is 0. The Labute approximate surface area is 110 Å². The lowest BCUT2D eigenvalue weighted by Crippen LogP contribution is -2.48. The van der Waals surface area contributed by atoms with Gasteiger partial charge in [0.1, 0.15) is 0 Å². The summed E-state index contributed by atoms with van der Waals surface area (Å²) in [5, 5.41) is 15.2. The average molecular weight is 254 g/mol. The van der Waals surface area contributed by atoms with E-state index >= 15 is 0 Å². The average Bonchev–Trinajstić information content (AvgIpc) is 3.18. The first kappa shape index (κ1) is 13.7. The van der Waals surface area contributed by atoms with Gasteiger partial charge in [0.2, 0.25) is 0 Å². The largest absolute Gasteiger partial charge is 0.396 e. The van der Waals surface area contributed by atoms with Gasteiger partial charge in [-0.3, -0.25) is 0 Å². The number of aliphatic hydroxyl groups excluding tert-OH is 1. The van der Waals surface area contributed by atoms with E-state index in [1.54, 1.807) is 0 Å². The van der Waals surface area contributed by atoms with Crippen LogP contribution >= 0.6 is 0 Å². The van der Waals surface area contributed by atoms with Crippen molar-refractivity contribution in [1.82, 2.24) is 10.6 Å². The summed E-state index contributed by atoms with van der Waals surface area (Å²) < 4.78 is 0. The molecule has 2 atom stereocenters. The highest BCUT2D eigenvalue weighted by Gasteiger charge is 2.42. The Bertz CT molecular complexity index is 290. The molecule has 4 nitrogen and oxygen atoms in total. The van der Waals surface area contributed by atoms with Crippen molar-refractivity contribution in [2.75, 3.05) is 13.2 Å². The predicted octanol–water partition coefficient (Wildman–Crippen LogP) is 2.03. The van der Waals surface area contributed by atoms with Crippen LogP contribution in [0, 0.1) is 11.3 Å². The summed E-state index contributed by atoms with van der Waals surface area (Å²) in [6, 6.07) is 0.285. The maximum Gasteiger partial charge on any atom is 0.315 e. The van der Waals surface area contributed by atoms with Crippen molar-refractivity contribution in [3.05, 3.63) is 0 Å². The molecule has 18 heavy (non-hydrogen) atoms. The Morgan fingerprint density at radius 1 is 1.33 bits per heavy atom. The Morgan fingerprint density at radius 3 is 2.67 bits per heavy atom. The van der Waals surface area contributed by atoms with Crippen LogP contribution in [0.1, 0.15) is 51.9 Å². The molecule has 2 rings (SSSR count). The van der Waals surface area contributed by atoms with Crippen LogP contribution < -0.4 is 10.6 Å². The smallest absolute Gasteiger partial charge is 0.315 e. The number of hydrogen-bond acceptors (Lipinski definition) is 2. The van der Waals surface area contributed by atoms with E-state index in [0.29, 0.717) is 18.5 Å². The van der Waals surface area contributed by atoms with Gasteiger partial charge in [0.05, 0.1) is 6.61 Å². The van der Waals surface area contributed by atoms with Gasteiger partial charge in [-0.25, -0.2) is 4.79 Å². The maximum atomic E-state index is 11.9. The Balaban J connectivity index is 1.72. The lowest BCUT2D eigenvalue weighted by Gasteiger charge is -2.31. The van der Waals surface area contributed by atoms with Gasteiger partial charge in [0.15, 0.2) is 0 Å². The Morgan fingerprint density at radius 2 is 2.06 bits per heavy atom. The van der Waals surface area contributed by atoms with Crippen molar-refractivity contribution >= 4 is 6.03 Å². The van der Waals surface area contributed by atoms with E-state index in [-0.39, 0.29) is 18.1 Å². The molecule has 0 spiro atoms. The fourth-order valence-corrected chi connectivity index (χ4v) is 2.94. The molecule has 104 valence electrons. The number of hydrogen-bond donors (Lipinski definition) is 3. The van der Waals surface area contributed by atoms with E-state index in [2.05, 4.69) is 17.6 Å². The lowest BCUT2D eigenvalue weighted by atomic mass is 9.83. The van der Waals surface area contributed by atoms with Crippen molar-refractivity contribution in [2.24, 2.45) is 11.3 Å². The van der Waals surface area contributed by atoms with Gasteiger partial charge in [-0.05, 0) is 31.6 Å². The molecule has 0 heterocycles. The predicted molar refractivity (Wildman–Crippen MR) is 71.3 cm³/mol. The molecule has 0 aromatic heterocycles. The summed E-state index contributed by atoms with van der Waals surface area (Å²) >= 11 is 0. The van der Waals surface area contributed by atoms with Crippen LogP contribution in [0.2, 0.25) is 0 Å². The molecular formula is C14H26N2O2. The molecule has 3 N–H and O–H groups in total. The minimum Gasteiger partial charge on any atom is -0.396 e. The zero-order valence-corrected chi connectivity index (χ0v) is 11.4. The molecule has 2 amide bonds. The summed E-state index contributed by atoms with van der Waals surface area (Å²) in [6.07, 6.45) is 8.08. The topological polar surface area (TPSA) is 61.4 Å². The molecule has 0 aromatic carbocycles. The zero-order chi connectivity index (χ0) is 13.0. The molecule has 0 saturated heterocycles. The monoisotopic (exact) mass is 254 g/mol. The van der Waals surface area contributed by atoms with E-state index < -0.39 is 0 Å².